The molecule has 0 bridgehead atoms. The molecule has 0 fully saturated rings. The van der Waals surface area contributed by atoms with E-state index in [1.54, 1.807) is 30.3 Å². The Bertz CT molecular complexity index is 1180. The molecule has 1 amide bonds. The van der Waals surface area contributed by atoms with Gasteiger partial charge in [0.15, 0.2) is 0 Å². The maximum absolute atomic E-state index is 12.8. The second-order valence-electron chi connectivity index (χ2n) is 6.49. The number of nitrogens with one attached hydrogen (secondary N) is 2. The Morgan fingerprint density at radius 2 is 1.69 bits per heavy atom. The van der Waals surface area contributed by atoms with Gasteiger partial charge in [0.25, 0.3) is 15.9 Å². The molecule has 1 aromatic heterocycles. The predicted molar refractivity (Wildman–Crippen MR) is 119 cm³/mol. The van der Waals surface area contributed by atoms with E-state index in [9.17, 15) is 13.2 Å². The number of sulfonamides is 1. The topological polar surface area (TPSA) is 116 Å². The molecule has 2 aromatic carbocycles. The van der Waals surface area contributed by atoms with Gasteiger partial charge in [-0.25, -0.2) is 13.4 Å². The minimum Gasteiger partial charge on any atom is -0.497 e. The zero-order chi connectivity index (χ0) is 23.1. The Morgan fingerprint density at radius 3 is 2.28 bits per heavy atom. The van der Waals surface area contributed by atoms with Gasteiger partial charge in [-0.2, -0.15) is 0 Å². The first-order valence-corrected chi connectivity index (χ1v) is 11.1. The Morgan fingerprint density at radius 1 is 0.969 bits per heavy atom. The predicted octanol–water partition coefficient (Wildman–Crippen LogP) is 3.44. The molecule has 3 rings (SSSR count). The maximum atomic E-state index is 12.8. The molecule has 3 aromatic rings. The number of hydrogen-bond acceptors (Lipinski definition) is 7. The lowest BCUT2D eigenvalue weighted by molar-refractivity contribution is 0.0956. The van der Waals surface area contributed by atoms with Crippen LogP contribution in [0, 0.1) is 0 Å². The molecule has 0 aliphatic carbocycles. The fourth-order valence-corrected chi connectivity index (χ4v) is 3.99. The summed E-state index contributed by atoms with van der Waals surface area (Å²) in [4.78, 5) is 15.9. The highest BCUT2D eigenvalue weighted by Crippen LogP contribution is 2.30. The molecule has 168 valence electrons. The van der Waals surface area contributed by atoms with Gasteiger partial charge in [0.2, 0.25) is 5.88 Å². The third-order valence-corrected chi connectivity index (χ3v) is 5.73. The number of carbonyl (C=O) groups is 1. The van der Waals surface area contributed by atoms with Crippen LogP contribution in [0.2, 0.25) is 0 Å². The highest BCUT2D eigenvalue weighted by atomic mass is 32.2. The molecule has 0 unspecified atom stereocenters. The maximum Gasteiger partial charge on any atom is 0.265 e. The fraction of sp³-hybridized carbons (Fsp3) is 0.182. The fourth-order valence-electron chi connectivity index (χ4n) is 2.76. The number of hydrogen-bond donors (Lipinski definition) is 2. The van der Waals surface area contributed by atoms with Crippen molar-refractivity contribution in [1.82, 2.24) is 10.3 Å². The van der Waals surface area contributed by atoms with Gasteiger partial charge in [0.05, 0.1) is 26.1 Å². The summed E-state index contributed by atoms with van der Waals surface area (Å²) < 4.78 is 44.0. The van der Waals surface area contributed by atoms with Gasteiger partial charge in [-0.15, -0.1) is 0 Å². The minimum absolute atomic E-state index is 0.0631. The molecule has 32 heavy (non-hydrogen) atoms. The van der Waals surface area contributed by atoms with Gasteiger partial charge < -0.3 is 19.5 Å². The van der Waals surface area contributed by atoms with Crippen LogP contribution in [0.15, 0.2) is 65.7 Å². The second-order valence-corrected chi connectivity index (χ2v) is 8.14. The van der Waals surface area contributed by atoms with Gasteiger partial charge in [0.1, 0.15) is 22.1 Å². The molecule has 0 spiro atoms. The SMILES string of the molecule is CCNC(=O)c1ccc(Oc2ccc(NS(=O)(=O)c3cc(OC)ccc3OC)cn2)cc1. The van der Waals surface area contributed by atoms with E-state index < -0.39 is 10.0 Å². The first-order chi connectivity index (χ1) is 15.4. The molecule has 0 radical (unpaired) electrons. The number of anilines is 1. The van der Waals surface area contributed by atoms with Crippen molar-refractivity contribution < 1.29 is 27.4 Å². The molecule has 0 saturated carbocycles. The number of amides is 1. The van der Waals surface area contributed by atoms with Crippen molar-refractivity contribution >= 4 is 21.6 Å². The summed E-state index contributed by atoms with van der Waals surface area (Å²) in [7, 11) is -1.12. The number of methoxy groups -OCH3 is 2. The highest BCUT2D eigenvalue weighted by Gasteiger charge is 2.21. The molecule has 1 heterocycles. The second kappa shape index (κ2) is 10.0. The molecule has 10 heteroatoms. The third-order valence-electron chi connectivity index (χ3n) is 4.33. The van der Waals surface area contributed by atoms with Crippen molar-refractivity contribution in [1.29, 1.82) is 0 Å². The van der Waals surface area contributed by atoms with E-state index in [0.29, 0.717) is 23.6 Å². The first-order valence-electron chi connectivity index (χ1n) is 9.63. The summed E-state index contributed by atoms with van der Waals surface area (Å²) in [6.45, 7) is 2.39. The van der Waals surface area contributed by atoms with Crippen molar-refractivity contribution in [3.8, 4) is 23.1 Å². The van der Waals surface area contributed by atoms with Gasteiger partial charge >= 0.3 is 0 Å². The van der Waals surface area contributed by atoms with E-state index in [0.717, 1.165) is 0 Å². The molecule has 0 atom stereocenters. The van der Waals surface area contributed by atoms with Crippen molar-refractivity contribution in [2.45, 2.75) is 11.8 Å². The average Bonchev–Trinajstić information content (AvgIpc) is 2.80. The van der Waals surface area contributed by atoms with E-state index in [2.05, 4.69) is 15.0 Å². The van der Waals surface area contributed by atoms with Crippen molar-refractivity contribution in [2.75, 3.05) is 25.5 Å². The smallest absolute Gasteiger partial charge is 0.265 e. The van der Waals surface area contributed by atoms with Crippen LogP contribution in [0.3, 0.4) is 0 Å². The monoisotopic (exact) mass is 457 g/mol. The number of pyridine rings is 1. The number of rotatable bonds is 9. The summed E-state index contributed by atoms with van der Waals surface area (Å²) in [5.74, 6) is 1.15. The number of benzene rings is 2. The quantitative estimate of drug-likeness (QED) is 0.506. The van der Waals surface area contributed by atoms with E-state index in [-0.39, 0.29) is 28.1 Å². The van der Waals surface area contributed by atoms with Crippen LogP contribution in [-0.4, -0.2) is 40.1 Å². The Labute approximate surface area is 186 Å². The molecule has 2 N–H and O–H groups in total. The standard InChI is InChI=1S/C22H23N3O6S/c1-4-23-22(26)15-5-8-17(9-6-15)31-21-12-7-16(14-24-21)25-32(27,28)20-13-18(29-2)10-11-19(20)30-3/h5-14,25H,4H2,1-3H3,(H,23,26). The molecule has 0 saturated heterocycles. The number of aromatic nitrogens is 1. The third kappa shape index (κ3) is 5.46. The van der Waals surface area contributed by atoms with Crippen molar-refractivity contribution in [3.63, 3.8) is 0 Å². The van der Waals surface area contributed by atoms with Crippen LogP contribution in [0.1, 0.15) is 17.3 Å². The molecule has 0 aliphatic heterocycles. The number of nitrogens with zero attached hydrogens (tertiary/aromatic N) is 1. The van der Waals surface area contributed by atoms with Crippen LogP contribution in [0.4, 0.5) is 5.69 Å². The first kappa shape index (κ1) is 22.9. The lowest BCUT2D eigenvalue weighted by Crippen LogP contribution is -2.22. The van der Waals surface area contributed by atoms with Crippen LogP contribution in [0.5, 0.6) is 23.1 Å². The normalized spacial score (nSPS) is 10.8. The summed E-state index contributed by atoms with van der Waals surface area (Å²) in [6, 6.07) is 14.1. The largest absolute Gasteiger partial charge is 0.497 e. The average molecular weight is 458 g/mol. The Hall–Kier alpha value is -3.79. The van der Waals surface area contributed by atoms with Crippen LogP contribution in [0.25, 0.3) is 0 Å². The number of carbonyl (C=O) groups excluding carboxylic acids is 1. The summed E-state index contributed by atoms with van der Waals surface area (Å²) >= 11 is 0. The van der Waals surface area contributed by atoms with Gasteiger partial charge in [-0.05, 0) is 49.4 Å². The summed E-state index contributed by atoms with van der Waals surface area (Å²) in [5, 5.41) is 2.72. The molecule has 0 aliphatic rings. The molecular formula is C22H23N3O6S. The summed E-state index contributed by atoms with van der Waals surface area (Å²) in [5.41, 5.74) is 0.763. The van der Waals surface area contributed by atoms with Gasteiger partial charge in [-0.1, -0.05) is 0 Å². The number of ether oxygens (including phenoxy) is 3. The van der Waals surface area contributed by atoms with Crippen molar-refractivity contribution in [2.24, 2.45) is 0 Å². The zero-order valence-electron chi connectivity index (χ0n) is 17.8. The highest BCUT2D eigenvalue weighted by molar-refractivity contribution is 7.92. The van der Waals surface area contributed by atoms with Gasteiger partial charge in [-0.3, -0.25) is 9.52 Å². The van der Waals surface area contributed by atoms with E-state index >= 15 is 0 Å². The van der Waals surface area contributed by atoms with Crippen LogP contribution in [-0.2, 0) is 10.0 Å². The zero-order valence-corrected chi connectivity index (χ0v) is 18.6. The van der Waals surface area contributed by atoms with E-state index in [1.807, 2.05) is 6.92 Å². The lowest BCUT2D eigenvalue weighted by Gasteiger charge is -2.13. The van der Waals surface area contributed by atoms with Gasteiger partial charge in [0, 0.05) is 24.2 Å². The Kier molecular flexibility index (Phi) is 7.16. The van der Waals surface area contributed by atoms with E-state index in [4.69, 9.17) is 14.2 Å². The van der Waals surface area contributed by atoms with E-state index in [1.165, 1.54) is 44.7 Å². The Balaban J connectivity index is 1.71. The summed E-state index contributed by atoms with van der Waals surface area (Å²) in [6.07, 6.45) is 1.34. The van der Waals surface area contributed by atoms with Crippen molar-refractivity contribution in [3.05, 3.63) is 66.4 Å². The lowest BCUT2D eigenvalue weighted by atomic mass is 10.2. The molecular weight excluding hydrogens is 434 g/mol. The van der Waals surface area contributed by atoms with Crippen LogP contribution >= 0.6 is 0 Å². The molecule has 9 nitrogen and oxygen atoms in total. The minimum atomic E-state index is -3.95. The van der Waals surface area contributed by atoms with Crippen LogP contribution < -0.4 is 24.2 Å².